The van der Waals surface area contributed by atoms with Gasteiger partial charge in [0.15, 0.2) is 0 Å². The van der Waals surface area contributed by atoms with Crippen molar-refractivity contribution in [3.8, 4) is 0 Å². The second-order valence-electron chi connectivity index (χ2n) is 7.47. The maximum Gasteiger partial charge on any atom is 0.261 e. The highest BCUT2D eigenvalue weighted by atomic mass is 32.2. The molecule has 0 atom stereocenters. The van der Waals surface area contributed by atoms with Gasteiger partial charge in [0.1, 0.15) is 11.6 Å². The van der Waals surface area contributed by atoms with Gasteiger partial charge in [-0.05, 0) is 55.2 Å². The van der Waals surface area contributed by atoms with Crippen molar-refractivity contribution in [1.82, 2.24) is 4.31 Å². The Hall–Kier alpha value is -2.36. The first-order chi connectivity index (χ1) is 14.3. The summed E-state index contributed by atoms with van der Waals surface area (Å²) in [5.74, 6) is -2.15. The summed E-state index contributed by atoms with van der Waals surface area (Å²) in [5.41, 5.74) is 1.17. The van der Waals surface area contributed by atoms with Crippen LogP contribution in [0.15, 0.2) is 35.2 Å². The molecule has 1 fully saturated rings. The Balaban J connectivity index is 1.72. The van der Waals surface area contributed by atoms with Crippen LogP contribution in [0, 0.1) is 18.6 Å². The van der Waals surface area contributed by atoms with Crippen molar-refractivity contribution < 1.29 is 26.7 Å². The van der Waals surface area contributed by atoms with Crippen molar-refractivity contribution in [2.75, 3.05) is 37.7 Å². The number of sulfonamides is 1. The molecule has 2 heterocycles. The summed E-state index contributed by atoms with van der Waals surface area (Å²) in [7, 11) is -3.90. The van der Waals surface area contributed by atoms with Crippen LogP contribution in [0.2, 0.25) is 0 Å². The number of morpholine rings is 1. The molecule has 9 heteroatoms. The number of benzene rings is 2. The Morgan fingerprint density at radius 3 is 2.50 bits per heavy atom. The standard InChI is InChI=1S/C21H22F2N2O4S/c1-14-11-15-3-2-6-25(20(15)19(23)12-14)21(26)17-13-16(4-5-18(17)22)30(27,28)24-7-9-29-10-8-24/h4-5,11-13H,2-3,6-10H2,1H3. The molecule has 6 nitrogen and oxygen atoms in total. The fourth-order valence-corrected chi connectivity index (χ4v) is 5.39. The van der Waals surface area contributed by atoms with E-state index in [-0.39, 0.29) is 43.4 Å². The van der Waals surface area contributed by atoms with Gasteiger partial charge >= 0.3 is 0 Å². The Morgan fingerprint density at radius 1 is 1.03 bits per heavy atom. The summed E-state index contributed by atoms with van der Waals surface area (Å²) in [6, 6.07) is 6.30. The maximum absolute atomic E-state index is 14.7. The molecule has 0 spiro atoms. The average molecular weight is 436 g/mol. The molecule has 2 aromatic carbocycles. The molecule has 2 aromatic rings. The number of hydrogen-bond acceptors (Lipinski definition) is 4. The molecule has 0 saturated carbocycles. The molecule has 1 amide bonds. The zero-order chi connectivity index (χ0) is 21.5. The van der Waals surface area contributed by atoms with Crippen molar-refractivity contribution in [2.45, 2.75) is 24.7 Å². The van der Waals surface area contributed by atoms with E-state index in [0.717, 1.165) is 23.8 Å². The van der Waals surface area contributed by atoms with Gasteiger partial charge in [-0.3, -0.25) is 4.79 Å². The lowest BCUT2D eigenvalue weighted by molar-refractivity contribution is 0.0730. The number of amides is 1. The summed E-state index contributed by atoms with van der Waals surface area (Å²) >= 11 is 0. The van der Waals surface area contributed by atoms with Gasteiger partial charge in [0, 0.05) is 19.6 Å². The highest BCUT2D eigenvalue weighted by Gasteiger charge is 2.31. The molecule has 160 valence electrons. The van der Waals surface area contributed by atoms with Crippen LogP contribution in [0.1, 0.15) is 27.9 Å². The van der Waals surface area contributed by atoms with Crippen LogP contribution in [0.5, 0.6) is 0 Å². The molecule has 1 saturated heterocycles. The van der Waals surface area contributed by atoms with Crippen LogP contribution >= 0.6 is 0 Å². The first kappa shape index (κ1) is 20.9. The first-order valence-corrected chi connectivity index (χ1v) is 11.2. The van der Waals surface area contributed by atoms with Crippen molar-refractivity contribution in [3.63, 3.8) is 0 Å². The van der Waals surface area contributed by atoms with E-state index < -0.39 is 33.1 Å². The molecule has 0 aliphatic carbocycles. The van der Waals surface area contributed by atoms with Gasteiger partial charge in [-0.15, -0.1) is 0 Å². The van der Waals surface area contributed by atoms with Crippen LogP contribution in [-0.4, -0.2) is 51.5 Å². The molecule has 0 unspecified atom stereocenters. The van der Waals surface area contributed by atoms with Crippen molar-refractivity contribution >= 4 is 21.6 Å². The minimum atomic E-state index is -3.90. The highest BCUT2D eigenvalue weighted by molar-refractivity contribution is 7.89. The second-order valence-corrected chi connectivity index (χ2v) is 9.41. The van der Waals surface area contributed by atoms with Crippen LogP contribution < -0.4 is 4.90 Å². The molecule has 4 rings (SSSR count). The number of aryl methyl sites for hydroxylation is 2. The monoisotopic (exact) mass is 436 g/mol. The quantitative estimate of drug-likeness (QED) is 0.742. The van der Waals surface area contributed by atoms with E-state index >= 15 is 0 Å². The first-order valence-electron chi connectivity index (χ1n) is 9.77. The third kappa shape index (κ3) is 3.73. The molecule has 0 bridgehead atoms. The Bertz CT molecular complexity index is 1100. The number of nitrogens with zero attached hydrogens (tertiary/aromatic N) is 2. The molecular formula is C21H22F2N2O4S. The third-order valence-corrected chi connectivity index (χ3v) is 7.30. The summed E-state index contributed by atoms with van der Waals surface area (Å²) in [6.07, 6.45) is 1.22. The predicted octanol–water partition coefficient (Wildman–Crippen LogP) is 2.89. The second kappa shape index (κ2) is 8.05. The Labute approximate surface area is 174 Å². The fourth-order valence-electron chi connectivity index (χ4n) is 3.95. The molecule has 0 aromatic heterocycles. The van der Waals surface area contributed by atoms with Crippen LogP contribution in [0.3, 0.4) is 0 Å². The predicted molar refractivity (Wildman–Crippen MR) is 107 cm³/mol. The number of fused-ring (bicyclic) bond motifs is 1. The van der Waals surface area contributed by atoms with E-state index in [9.17, 15) is 22.0 Å². The maximum atomic E-state index is 14.7. The lowest BCUT2D eigenvalue weighted by Gasteiger charge is -2.30. The Morgan fingerprint density at radius 2 is 1.77 bits per heavy atom. The molecule has 30 heavy (non-hydrogen) atoms. The largest absolute Gasteiger partial charge is 0.379 e. The molecule has 0 N–H and O–H groups in total. The molecule has 0 radical (unpaired) electrons. The summed E-state index contributed by atoms with van der Waals surface area (Å²) < 4.78 is 61.5. The average Bonchev–Trinajstić information content (AvgIpc) is 2.73. The van der Waals surface area contributed by atoms with Crippen LogP contribution in [0.4, 0.5) is 14.5 Å². The smallest absolute Gasteiger partial charge is 0.261 e. The number of rotatable bonds is 3. The number of carbonyl (C=O) groups excluding carboxylic acids is 1. The van der Waals surface area contributed by atoms with E-state index in [1.165, 1.54) is 15.3 Å². The number of ether oxygens (including phenoxy) is 1. The van der Waals surface area contributed by atoms with Crippen molar-refractivity contribution in [3.05, 3.63) is 58.7 Å². The third-order valence-electron chi connectivity index (χ3n) is 5.41. The van der Waals surface area contributed by atoms with E-state index in [0.29, 0.717) is 18.4 Å². The molecular weight excluding hydrogens is 414 g/mol. The van der Waals surface area contributed by atoms with Crippen molar-refractivity contribution in [2.24, 2.45) is 0 Å². The lowest BCUT2D eigenvalue weighted by atomic mass is 9.98. The van der Waals surface area contributed by atoms with E-state index in [4.69, 9.17) is 4.74 Å². The van der Waals surface area contributed by atoms with Crippen LogP contribution in [-0.2, 0) is 21.2 Å². The van der Waals surface area contributed by atoms with Gasteiger partial charge in [0.05, 0.1) is 29.4 Å². The van der Waals surface area contributed by atoms with Gasteiger partial charge in [0.25, 0.3) is 5.91 Å². The van der Waals surface area contributed by atoms with E-state index in [1.807, 2.05) is 6.07 Å². The van der Waals surface area contributed by atoms with Gasteiger partial charge in [0.2, 0.25) is 10.0 Å². The van der Waals surface area contributed by atoms with Crippen molar-refractivity contribution in [1.29, 1.82) is 0 Å². The van der Waals surface area contributed by atoms with E-state index in [2.05, 4.69) is 0 Å². The topological polar surface area (TPSA) is 66.9 Å². The molecule has 2 aliphatic heterocycles. The van der Waals surface area contributed by atoms with Gasteiger partial charge in [-0.1, -0.05) is 6.07 Å². The number of hydrogen-bond donors (Lipinski definition) is 0. The number of halogens is 2. The normalized spacial score (nSPS) is 17.6. The number of anilines is 1. The Kier molecular flexibility index (Phi) is 5.61. The van der Waals surface area contributed by atoms with Gasteiger partial charge in [-0.2, -0.15) is 4.31 Å². The zero-order valence-electron chi connectivity index (χ0n) is 16.5. The van der Waals surface area contributed by atoms with E-state index in [1.54, 1.807) is 6.92 Å². The van der Waals surface area contributed by atoms with Crippen LogP contribution in [0.25, 0.3) is 0 Å². The summed E-state index contributed by atoms with van der Waals surface area (Å²) in [4.78, 5) is 14.2. The fraction of sp³-hybridized carbons (Fsp3) is 0.381. The lowest BCUT2D eigenvalue weighted by Crippen LogP contribution is -2.41. The minimum absolute atomic E-state index is 0.137. The minimum Gasteiger partial charge on any atom is -0.379 e. The van der Waals surface area contributed by atoms with Gasteiger partial charge in [-0.25, -0.2) is 17.2 Å². The van der Waals surface area contributed by atoms with Gasteiger partial charge < -0.3 is 9.64 Å². The highest BCUT2D eigenvalue weighted by Crippen LogP contribution is 2.33. The molecule has 2 aliphatic rings. The SMILES string of the molecule is Cc1cc(F)c2c(c1)CCCN2C(=O)c1cc(S(=O)(=O)N2CCOCC2)ccc1F. The summed E-state index contributed by atoms with van der Waals surface area (Å²) in [6.45, 7) is 2.92. The zero-order valence-corrected chi connectivity index (χ0v) is 17.3. The number of carbonyl (C=O) groups is 1. The summed E-state index contributed by atoms with van der Waals surface area (Å²) in [5, 5.41) is 0.